The molecule has 1 heterocycles. The summed E-state index contributed by atoms with van der Waals surface area (Å²) in [5.74, 6) is 0.983. The Balaban J connectivity index is 1.90. The molecular weight excluding hydrogens is 236 g/mol. The van der Waals surface area contributed by atoms with E-state index in [4.69, 9.17) is 4.42 Å². The summed E-state index contributed by atoms with van der Waals surface area (Å²) >= 11 is 0. The predicted octanol–water partition coefficient (Wildman–Crippen LogP) is 3.42. The molecule has 0 fully saturated rings. The molecule has 0 saturated carbocycles. The molecule has 0 saturated heterocycles. The quantitative estimate of drug-likeness (QED) is 0.771. The molecule has 102 valence electrons. The average molecular weight is 258 g/mol. The Labute approximate surface area is 115 Å². The van der Waals surface area contributed by atoms with Crippen LogP contribution in [0.1, 0.15) is 24.7 Å². The summed E-state index contributed by atoms with van der Waals surface area (Å²) in [5.41, 5.74) is 2.53. The van der Waals surface area contributed by atoms with E-state index in [2.05, 4.69) is 48.5 Å². The van der Waals surface area contributed by atoms with E-state index in [0.717, 1.165) is 25.4 Å². The van der Waals surface area contributed by atoms with Crippen molar-refractivity contribution in [2.75, 3.05) is 18.5 Å². The summed E-state index contributed by atoms with van der Waals surface area (Å²) in [4.78, 5) is 2.18. The normalized spacial score (nSPS) is 10.6. The minimum absolute atomic E-state index is 0.792. The van der Waals surface area contributed by atoms with Crippen LogP contribution in [0.3, 0.4) is 0 Å². The van der Waals surface area contributed by atoms with Gasteiger partial charge in [-0.25, -0.2) is 0 Å². The van der Waals surface area contributed by atoms with Crippen molar-refractivity contribution in [2.24, 2.45) is 0 Å². The van der Waals surface area contributed by atoms with Gasteiger partial charge in [0.05, 0.1) is 12.8 Å². The van der Waals surface area contributed by atoms with Gasteiger partial charge in [-0.3, -0.25) is 0 Å². The van der Waals surface area contributed by atoms with Gasteiger partial charge in [0.2, 0.25) is 0 Å². The first-order chi connectivity index (χ1) is 9.29. The fourth-order valence-electron chi connectivity index (χ4n) is 2.01. The molecule has 0 radical (unpaired) electrons. The molecule has 1 N–H and O–H groups in total. The van der Waals surface area contributed by atoms with E-state index >= 15 is 0 Å². The first kappa shape index (κ1) is 13.7. The minimum Gasteiger partial charge on any atom is -0.467 e. The van der Waals surface area contributed by atoms with Crippen LogP contribution in [0.15, 0.2) is 47.1 Å². The smallest absolute Gasteiger partial charge is 0.123 e. The molecule has 3 nitrogen and oxygen atoms in total. The van der Waals surface area contributed by atoms with Gasteiger partial charge >= 0.3 is 0 Å². The second-order valence-electron chi connectivity index (χ2n) is 4.78. The van der Waals surface area contributed by atoms with Crippen LogP contribution >= 0.6 is 0 Å². The van der Waals surface area contributed by atoms with Crippen molar-refractivity contribution < 1.29 is 4.42 Å². The van der Waals surface area contributed by atoms with Crippen LogP contribution < -0.4 is 10.2 Å². The molecule has 19 heavy (non-hydrogen) atoms. The topological polar surface area (TPSA) is 28.4 Å². The minimum atomic E-state index is 0.792. The standard InChI is InChI=1S/C16H22N2O/c1-3-10-17-12-14-6-8-15(9-7-14)18(2)13-16-5-4-11-19-16/h4-9,11,17H,3,10,12-13H2,1-2H3. The first-order valence-corrected chi connectivity index (χ1v) is 6.82. The lowest BCUT2D eigenvalue weighted by molar-refractivity contribution is 0.507. The molecule has 0 spiro atoms. The van der Waals surface area contributed by atoms with Crippen LogP contribution in [0.25, 0.3) is 0 Å². The van der Waals surface area contributed by atoms with Crippen LogP contribution in [0.4, 0.5) is 5.69 Å². The van der Waals surface area contributed by atoms with E-state index in [1.165, 1.54) is 17.7 Å². The van der Waals surface area contributed by atoms with Gasteiger partial charge in [-0.15, -0.1) is 0 Å². The van der Waals surface area contributed by atoms with Gasteiger partial charge in [-0.2, -0.15) is 0 Å². The van der Waals surface area contributed by atoms with E-state index < -0.39 is 0 Å². The number of nitrogens with one attached hydrogen (secondary N) is 1. The van der Waals surface area contributed by atoms with Crippen molar-refractivity contribution in [2.45, 2.75) is 26.4 Å². The molecule has 2 aromatic rings. The van der Waals surface area contributed by atoms with Crippen molar-refractivity contribution in [3.8, 4) is 0 Å². The largest absolute Gasteiger partial charge is 0.467 e. The lowest BCUT2D eigenvalue weighted by atomic mass is 10.2. The Morgan fingerprint density at radius 2 is 1.95 bits per heavy atom. The van der Waals surface area contributed by atoms with Gasteiger partial charge < -0.3 is 14.6 Å². The molecular formula is C16H22N2O. The highest BCUT2D eigenvalue weighted by Crippen LogP contribution is 2.16. The zero-order valence-corrected chi connectivity index (χ0v) is 11.7. The monoisotopic (exact) mass is 258 g/mol. The maximum absolute atomic E-state index is 5.36. The number of hydrogen-bond donors (Lipinski definition) is 1. The van der Waals surface area contributed by atoms with Crippen molar-refractivity contribution in [1.29, 1.82) is 0 Å². The van der Waals surface area contributed by atoms with Gasteiger partial charge in [0.1, 0.15) is 5.76 Å². The predicted molar refractivity (Wildman–Crippen MR) is 79.3 cm³/mol. The van der Waals surface area contributed by atoms with Gasteiger partial charge in [-0.05, 0) is 42.8 Å². The molecule has 0 aliphatic carbocycles. The van der Waals surface area contributed by atoms with Gasteiger partial charge in [0.15, 0.2) is 0 Å². The van der Waals surface area contributed by atoms with Crippen LogP contribution in [0, 0.1) is 0 Å². The number of rotatable bonds is 7. The molecule has 0 bridgehead atoms. The van der Waals surface area contributed by atoms with Crippen molar-refractivity contribution in [3.05, 3.63) is 54.0 Å². The molecule has 0 amide bonds. The van der Waals surface area contributed by atoms with Crippen LogP contribution in [0.5, 0.6) is 0 Å². The van der Waals surface area contributed by atoms with Crippen LogP contribution in [-0.2, 0) is 13.1 Å². The SMILES string of the molecule is CCCNCc1ccc(N(C)Cc2ccco2)cc1. The number of nitrogens with zero attached hydrogens (tertiary/aromatic N) is 1. The third-order valence-electron chi connectivity index (χ3n) is 3.11. The molecule has 1 aromatic heterocycles. The van der Waals surface area contributed by atoms with E-state index in [1.807, 2.05) is 12.1 Å². The van der Waals surface area contributed by atoms with E-state index in [1.54, 1.807) is 6.26 Å². The van der Waals surface area contributed by atoms with Gasteiger partial charge in [-0.1, -0.05) is 19.1 Å². The molecule has 0 atom stereocenters. The van der Waals surface area contributed by atoms with Crippen molar-refractivity contribution in [1.82, 2.24) is 5.32 Å². The summed E-state index contributed by atoms with van der Waals surface area (Å²) < 4.78 is 5.36. The molecule has 0 unspecified atom stereocenters. The van der Waals surface area contributed by atoms with E-state index in [-0.39, 0.29) is 0 Å². The maximum atomic E-state index is 5.36. The van der Waals surface area contributed by atoms with Gasteiger partial charge in [0, 0.05) is 19.3 Å². The molecule has 0 aliphatic heterocycles. The Hall–Kier alpha value is -1.74. The molecule has 1 aromatic carbocycles. The maximum Gasteiger partial charge on any atom is 0.123 e. The highest BCUT2D eigenvalue weighted by molar-refractivity contribution is 5.47. The number of hydrogen-bond acceptors (Lipinski definition) is 3. The second-order valence-corrected chi connectivity index (χ2v) is 4.78. The Bertz CT molecular complexity index is 462. The van der Waals surface area contributed by atoms with E-state index in [9.17, 15) is 0 Å². The summed E-state index contributed by atoms with van der Waals surface area (Å²) in [6.45, 7) is 4.98. The highest BCUT2D eigenvalue weighted by atomic mass is 16.3. The Morgan fingerprint density at radius 1 is 1.16 bits per heavy atom. The third kappa shape index (κ3) is 4.14. The summed E-state index contributed by atoms with van der Waals surface area (Å²) in [5, 5.41) is 3.41. The van der Waals surface area contributed by atoms with Crippen molar-refractivity contribution >= 4 is 5.69 Å². The summed E-state index contributed by atoms with van der Waals surface area (Å²) in [6, 6.07) is 12.6. The lowest BCUT2D eigenvalue weighted by Crippen LogP contribution is -2.16. The Morgan fingerprint density at radius 3 is 2.58 bits per heavy atom. The zero-order chi connectivity index (χ0) is 13.5. The highest BCUT2D eigenvalue weighted by Gasteiger charge is 2.04. The van der Waals surface area contributed by atoms with Crippen molar-refractivity contribution in [3.63, 3.8) is 0 Å². The zero-order valence-electron chi connectivity index (χ0n) is 11.7. The van der Waals surface area contributed by atoms with Crippen LogP contribution in [0.2, 0.25) is 0 Å². The summed E-state index contributed by atoms with van der Waals surface area (Å²) in [6.07, 6.45) is 2.88. The number of anilines is 1. The molecule has 2 rings (SSSR count). The lowest BCUT2D eigenvalue weighted by Gasteiger charge is -2.18. The molecule has 3 heteroatoms. The fraction of sp³-hybridized carbons (Fsp3) is 0.375. The summed E-state index contributed by atoms with van der Waals surface area (Å²) in [7, 11) is 2.08. The first-order valence-electron chi connectivity index (χ1n) is 6.82. The Kier molecular flexibility index (Phi) is 5.04. The van der Waals surface area contributed by atoms with Gasteiger partial charge in [0.25, 0.3) is 0 Å². The van der Waals surface area contributed by atoms with Crippen LogP contribution in [-0.4, -0.2) is 13.6 Å². The van der Waals surface area contributed by atoms with E-state index in [0.29, 0.717) is 0 Å². The number of furan rings is 1. The average Bonchev–Trinajstić information content (AvgIpc) is 2.93. The third-order valence-corrected chi connectivity index (χ3v) is 3.11. The number of benzene rings is 1. The molecule has 0 aliphatic rings. The second kappa shape index (κ2) is 7.00. The fourth-order valence-corrected chi connectivity index (χ4v) is 2.01.